The number of carbonyl (C=O) groups is 5. The number of rotatable bonds is 3. The molecule has 0 spiro atoms. The van der Waals surface area contributed by atoms with Crippen LogP contribution < -0.4 is 21.3 Å². The first-order chi connectivity index (χ1) is 17.7. The number of aromatic nitrogens is 1. The van der Waals surface area contributed by atoms with Gasteiger partial charge in [0.1, 0.15) is 30.8 Å². The zero-order chi connectivity index (χ0) is 26.8. The molecule has 1 saturated heterocycles. The zero-order valence-corrected chi connectivity index (χ0v) is 23.0. The molecule has 4 N–H and O–H groups in total. The summed E-state index contributed by atoms with van der Waals surface area (Å²) in [5.41, 5.74) is 2.24. The summed E-state index contributed by atoms with van der Waals surface area (Å²) in [6.45, 7) is 3.12. The molecule has 3 heterocycles. The highest BCUT2D eigenvalue weighted by molar-refractivity contribution is 8.76. The molecule has 0 unspecified atom stereocenters. The third-order valence-corrected chi connectivity index (χ3v) is 8.62. The van der Waals surface area contributed by atoms with Crippen molar-refractivity contribution in [3.05, 3.63) is 28.7 Å². The molecule has 2 bridgehead atoms. The fourth-order valence-electron chi connectivity index (χ4n) is 3.60. The number of nitrogens with zero attached hydrogens (tertiary/aromatic N) is 1. The third-order valence-electron chi connectivity index (χ3n) is 5.54. The van der Waals surface area contributed by atoms with E-state index in [1.54, 1.807) is 30.8 Å². The molecule has 2 aliphatic heterocycles. The van der Waals surface area contributed by atoms with Gasteiger partial charge in [0.25, 0.3) is 0 Å². The van der Waals surface area contributed by atoms with Crippen LogP contribution in [-0.4, -0.2) is 76.9 Å². The summed E-state index contributed by atoms with van der Waals surface area (Å²) in [6, 6.07) is -2.90. The normalized spacial score (nSPS) is 27.8. The summed E-state index contributed by atoms with van der Waals surface area (Å²) in [6.07, 6.45) is 3.14. The molecule has 0 saturated carbocycles. The molecule has 1 aromatic rings. The number of amides is 4. The summed E-state index contributed by atoms with van der Waals surface area (Å²) in [5, 5.41) is 12.5. The van der Waals surface area contributed by atoms with Gasteiger partial charge in [-0.05, 0) is 18.4 Å². The maximum Gasteiger partial charge on any atom is 0.326 e. The second-order valence-corrected chi connectivity index (χ2v) is 12.2. The van der Waals surface area contributed by atoms with Gasteiger partial charge in [0.2, 0.25) is 23.6 Å². The quantitative estimate of drug-likeness (QED) is 0.232. The Balaban J connectivity index is 1.97. The van der Waals surface area contributed by atoms with Crippen LogP contribution in [0, 0.1) is 5.92 Å². The minimum absolute atomic E-state index is 0.120. The number of esters is 1. The molecular weight excluding hydrogens is 538 g/mol. The van der Waals surface area contributed by atoms with Crippen molar-refractivity contribution in [2.24, 2.45) is 5.92 Å². The molecule has 202 valence electrons. The van der Waals surface area contributed by atoms with Crippen LogP contribution in [0.4, 0.5) is 0 Å². The molecule has 3 rings (SSSR count). The van der Waals surface area contributed by atoms with Crippen LogP contribution in [-0.2, 0) is 35.1 Å². The molecule has 0 radical (unpaired) electrons. The fourth-order valence-corrected chi connectivity index (χ4v) is 6.33. The van der Waals surface area contributed by atoms with Crippen LogP contribution >= 0.6 is 32.9 Å². The second kappa shape index (κ2) is 14.4. The largest absolute Gasteiger partial charge is 0.456 e. The first-order valence-corrected chi connectivity index (χ1v) is 15.3. The van der Waals surface area contributed by atoms with E-state index in [-0.39, 0.29) is 24.5 Å². The van der Waals surface area contributed by atoms with Gasteiger partial charge in [0.15, 0.2) is 0 Å². The SMILES string of the molecule is CC(C)[C@H]1NC(=O)[C@@H]2CSSCC/C=C/[C@H](CC(=O)N[C@H](Cc3cscn3)C(=O)N2)OC(=O)CNC1=O. The maximum absolute atomic E-state index is 13.3. The van der Waals surface area contributed by atoms with Crippen molar-refractivity contribution in [2.45, 2.75) is 57.3 Å². The Morgan fingerprint density at radius 2 is 1.86 bits per heavy atom. The molecular formula is C23H31N5O6S3. The molecule has 14 heteroatoms. The smallest absolute Gasteiger partial charge is 0.326 e. The van der Waals surface area contributed by atoms with Crippen LogP contribution in [0.5, 0.6) is 0 Å². The van der Waals surface area contributed by atoms with Crippen LogP contribution in [0.3, 0.4) is 0 Å². The summed E-state index contributed by atoms with van der Waals surface area (Å²) < 4.78 is 5.46. The minimum Gasteiger partial charge on any atom is -0.456 e. The van der Waals surface area contributed by atoms with E-state index in [4.69, 9.17) is 4.74 Å². The number of hydrogen-bond acceptors (Lipinski definition) is 10. The van der Waals surface area contributed by atoms with E-state index in [0.717, 1.165) is 0 Å². The molecule has 4 amide bonds. The van der Waals surface area contributed by atoms with Crippen molar-refractivity contribution in [2.75, 3.05) is 18.1 Å². The lowest BCUT2D eigenvalue weighted by molar-refractivity contribution is -0.148. The van der Waals surface area contributed by atoms with Gasteiger partial charge >= 0.3 is 5.97 Å². The Hall–Kier alpha value is -2.58. The molecule has 1 aromatic heterocycles. The predicted octanol–water partition coefficient (Wildman–Crippen LogP) is 0.569. The van der Waals surface area contributed by atoms with E-state index >= 15 is 0 Å². The Morgan fingerprint density at radius 3 is 2.59 bits per heavy atom. The third kappa shape index (κ3) is 9.34. The number of hydrogen-bond donors (Lipinski definition) is 4. The second-order valence-electron chi connectivity index (χ2n) is 8.87. The number of allylic oxidation sites excluding steroid dienone is 1. The number of thiazole rings is 1. The monoisotopic (exact) mass is 569 g/mol. The van der Waals surface area contributed by atoms with Crippen molar-refractivity contribution in [1.82, 2.24) is 26.3 Å². The first kappa shape index (κ1) is 29.0. The van der Waals surface area contributed by atoms with Crippen LogP contribution in [0.15, 0.2) is 23.0 Å². The minimum atomic E-state index is -1.01. The predicted molar refractivity (Wildman–Crippen MR) is 143 cm³/mol. The number of nitrogens with one attached hydrogen (secondary N) is 4. The van der Waals surface area contributed by atoms with Gasteiger partial charge in [-0.1, -0.05) is 41.5 Å². The van der Waals surface area contributed by atoms with E-state index in [0.29, 0.717) is 17.9 Å². The molecule has 11 nitrogen and oxygen atoms in total. The highest BCUT2D eigenvalue weighted by atomic mass is 33.1. The standard InChI is InChI=1S/C23H31N5O6S3/c1-13(2)20-23(33)24-9-19(30)34-15-5-3-4-6-36-37-11-17(22(32)28-20)27-21(31)16(26-18(29)8-15)7-14-10-35-12-25-14/h3,5,10,12-13,15-17,20H,4,6-9,11H2,1-2H3,(H,24,33)(H,26,29)(H,27,31)(H,28,32)/b5-3+/t15-,16-,17+,20-/m1/s1. The Kier molecular flexibility index (Phi) is 11.3. The van der Waals surface area contributed by atoms with Gasteiger partial charge in [-0.25, -0.2) is 4.98 Å². The lowest BCUT2D eigenvalue weighted by Crippen LogP contribution is -2.59. The van der Waals surface area contributed by atoms with Crippen LogP contribution in [0.2, 0.25) is 0 Å². The van der Waals surface area contributed by atoms with E-state index in [2.05, 4.69) is 26.3 Å². The average Bonchev–Trinajstić information content (AvgIpc) is 3.35. The summed E-state index contributed by atoms with van der Waals surface area (Å²) >= 11 is 1.36. The Morgan fingerprint density at radius 1 is 1.05 bits per heavy atom. The molecule has 2 aliphatic rings. The first-order valence-electron chi connectivity index (χ1n) is 11.9. The highest BCUT2D eigenvalue weighted by Crippen LogP contribution is 2.23. The summed E-state index contributed by atoms with van der Waals surface area (Å²) in [5.74, 6) is -2.19. The number of ether oxygens (including phenoxy) is 1. The summed E-state index contributed by atoms with van der Waals surface area (Å²) in [4.78, 5) is 69.0. The Bertz CT molecular complexity index is 1000. The van der Waals surface area contributed by atoms with Crippen molar-refractivity contribution in [3.63, 3.8) is 0 Å². The molecule has 0 aliphatic carbocycles. The average molecular weight is 570 g/mol. The number of carbonyl (C=O) groups excluding carboxylic acids is 5. The maximum atomic E-state index is 13.3. The van der Waals surface area contributed by atoms with Crippen molar-refractivity contribution in [3.8, 4) is 0 Å². The Labute approximate surface area is 227 Å². The van der Waals surface area contributed by atoms with E-state index in [1.165, 1.54) is 32.9 Å². The van der Waals surface area contributed by atoms with Gasteiger partial charge in [-0.3, -0.25) is 24.0 Å². The summed E-state index contributed by atoms with van der Waals surface area (Å²) in [7, 11) is 2.95. The van der Waals surface area contributed by atoms with Gasteiger partial charge in [-0.2, -0.15) is 0 Å². The van der Waals surface area contributed by atoms with Gasteiger partial charge < -0.3 is 26.0 Å². The van der Waals surface area contributed by atoms with Crippen molar-refractivity contribution in [1.29, 1.82) is 0 Å². The van der Waals surface area contributed by atoms with Crippen LogP contribution in [0.1, 0.15) is 32.4 Å². The molecule has 0 aromatic carbocycles. The van der Waals surface area contributed by atoms with Gasteiger partial charge in [0, 0.05) is 23.3 Å². The van der Waals surface area contributed by atoms with E-state index in [9.17, 15) is 24.0 Å². The van der Waals surface area contributed by atoms with Gasteiger partial charge in [-0.15, -0.1) is 11.3 Å². The topological polar surface area (TPSA) is 156 Å². The van der Waals surface area contributed by atoms with Crippen molar-refractivity contribution >= 4 is 62.5 Å². The van der Waals surface area contributed by atoms with Crippen LogP contribution in [0.25, 0.3) is 0 Å². The molecule has 1 fully saturated rings. The number of fused-ring (bicyclic) bond motifs is 7. The molecule has 37 heavy (non-hydrogen) atoms. The molecule has 4 atom stereocenters. The lowest BCUT2D eigenvalue weighted by atomic mass is 10.0. The zero-order valence-electron chi connectivity index (χ0n) is 20.6. The lowest BCUT2D eigenvalue weighted by Gasteiger charge is -2.27. The van der Waals surface area contributed by atoms with Gasteiger partial charge in [0.05, 0.1) is 17.6 Å². The van der Waals surface area contributed by atoms with E-state index < -0.39 is 60.4 Å². The highest BCUT2D eigenvalue weighted by Gasteiger charge is 2.32. The fraction of sp³-hybridized carbons (Fsp3) is 0.565. The van der Waals surface area contributed by atoms with Crippen molar-refractivity contribution < 1.29 is 28.7 Å². The van der Waals surface area contributed by atoms with E-state index in [1.807, 2.05) is 6.08 Å².